The van der Waals surface area contributed by atoms with Crippen molar-refractivity contribution < 1.29 is 4.39 Å². The molecule has 198 valence electrons. The van der Waals surface area contributed by atoms with E-state index >= 15 is 0 Å². The Hall–Kier alpha value is -2.89. The fourth-order valence-corrected chi connectivity index (χ4v) is 6.03. The topological polar surface area (TPSA) is 67.4 Å². The van der Waals surface area contributed by atoms with E-state index in [1.54, 1.807) is 6.92 Å². The minimum absolute atomic E-state index is 0.0169. The van der Waals surface area contributed by atoms with Crippen LogP contribution >= 0.6 is 23.2 Å². The van der Waals surface area contributed by atoms with Crippen LogP contribution in [0.3, 0.4) is 0 Å². The number of rotatable bonds is 3. The predicted octanol–water partition coefficient (Wildman–Crippen LogP) is 4.74. The number of nitrogens with zero attached hydrogens (tertiary/aromatic N) is 4. The quantitative estimate of drug-likeness (QED) is 0.374. The van der Waals surface area contributed by atoms with E-state index in [1.165, 1.54) is 33.9 Å². The highest BCUT2D eigenvalue weighted by atomic mass is 35.5. The molecule has 38 heavy (non-hydrogen) atoms. The van der Waals surface area contributed by atoms with Gasteiger partial charge >= 0.3 is 0 Å². The molecule has 5 rings (SSSR count). The van der Waals surface area contributed by atoms with E-state index in [2.05, 4.69) is 34.9 Å². The summed E-state index contributed by atoms with van der Waals surface area (Å²) in [5, 5.41) is -0.240. The number of hydrogen-bond donors (Lipinski definition) is 1. The van der Waals surface area contributed by atoms with Crippen LogP contribution in [0.15, 0.2) is 41.2 Å². The van der Waals surface area contributed by atoms with E-state index in [1.807, 2.05) is 19.0 Å². The lowest BCUT2D eigenvalue weighted by molar-refractivity contribution is 0.187. The normalized spacial score (nSPS) is 18.0. The molecule has 0 amide bonds. The van der Waals surface area contributed by atoms with Crippen molar-refractivity contribution in [3.8, 4) is 17.5 Å². The molecule has 2 heterocycles. The fraction of sp³-hybridized carbons (Fsp3) is 0.379. The minimum atomic E-state index is -0.640. The average molecular weight is 554 g/mol. The predicted molar refractivity (Wildman–Crippen MR) is 151 cm³/mol. The zero-order valence-corrected chi connectivity index (χ0v) is 23.2. The Morgan fingerprint density at radius 2 is 1.89 bits per heavy atom. The van der Waals surface area contributed by atoms with Crippen LogP contribution in [0.25, 0.3) is 5.69 Å². The summed E-state index contributed by atoms with van der Waals surface area (Å²) in [6.45, 7) is 3.94. The number of aromatic nitrogens is 2. The lowest BCUT2D eigenvalue weighted by atomic mass is 9.73. The van der Waals surface area contributed by atoms with Gasteiger partial charge in [-0.25, -0.2) is 9.37 Å². The second kappa shape index (κ2) is 10.3. The molecule has 9 heteroatoms. The second-order valence-corrected chi connectivity index (χ2v) is 11.2. The highest BCUT2D eigenvalue weighted by molar-refractivity contribution is 6.43. The molecule has 0 bridgehead atoms. The molecule has 1 atom stereocenters. The molecule has 0 radical (unpaired) electrons. The van der Waals surface area contributed by atoms with Crippen LogP contribution in [-0.4, -0.2) is 48.2 Å². The molecule has 3 aromatic rings. The van der Waals surface area contributed by atoms with Crippen LogP contribution in [0.5, 0.6) is 0 Å². The third-order valence-corrected chi connectivity index (χ3v) is 8.57. The van der Waals surface area contributed by atoms with Crippen molar-refractivity contribution in [2.75, 3.05) is 38.6 Å². The standard InChI is InChI=1S/C29H30Cl2FN5O/c1-18-34-24(16-25(38)37(18)23-9-8-22(32)26(30)27(23)31)36-13-10-29(11-14-36)17-20-7-6-19(5-4-12-35(2)3)15-21(20)28(29)33/h6-9,15-16,28H,10-14,17,33H2,1-3H3/t28-/m1/s1. The molecule has 6 nitrogen and oxygen atoms in total. The first-order valence-corrected chi connectivity index (χ1v) is 13.4. The number of aryl methyl sites for hydroxylation is 1. The molecule has 0 unspecified atom stereocenters. The lowest BCUT2D eigenvalue weighted by Gasteiger charge is -2.42. The third-order valence-electron chi connectivity index (χ3n) is 7.72. The van der Waals surface area contributed by atoms with Crippen molar-refractivity contribution in [3.05, 3.63) is 85.1 Å². The minimum Gasteiger partial charge on any atom is -0.356 e. The van der Waals surface area contributed by atoms with Crippen molar-refractivity contribution in [1.82, 2.24) is 14.5 Å². The summed E-state index contributed by atoms with van der Waals surface area (Å²) in [6.07, 6.45) is 2.74. The summed E-state index contributed by atoms with van der Waals surface area (Å²) in [5.41, 5.74) is 10.3. The van der Waals surface area contributed by atoms with Gasteiger partial charge in [0.25, 0.3) is 5.56 Å². The zero-order chi connectivity index (χ0) is 27.2. The van der Waals surface area contributed by atoms with Crippen molar-refractivity contribution in [2.45, 2.75) is 32.2 Å². The van der Waals surface area contributed by atoms with Gasteiger partial charge in [-0.3, -0.25) is 14.3 Å². The Bertz CT molecular complexity index is 1520. The summed E-state index contributed by atoms with van der Waals surface area (Å²) in [6, 6.07) is 10.5. The Kier molecular flexibility index (Phi) is 7.27. The highest BCUT2D eigenvalue weighted by Gasteiger charge is 2.46. The number of fused-ring (bicyclic) bond motifs is 1. The monoisotopic (exact) mass is 553 g/mol. The van der Waals surface area contributed by atoms with Gasteiger partial charge in [0.05, 0.1) is 22.3 Å². The van der Waals surface area contributed by atoms with Gasteiger partial charge in [-0.05, 0) is 81.1 Å². The van der Waals surface area contributed by atoms with Crippen LogP contribution in [0.4, 0.5) is 10.2 Å². The Balaban J connectivity index is 1.33. The molecule has 1 aliphatic carbocycles. The molecule has 1 aliphatic heterocycles. The molecule has 2 aromatic carbocycles. The lowest BCUT2D eigenvalue weighted by Crippen LogP contribution is -2.45. The van der Waals surface area contributed by atoms with Gasteiger partial charge < -0.3 is 10.6 Å². The highest BCUT2D eigenvalue weighted by Crippen LogP contribution is 2.51. The number of anilines is 1. The SMILES string of the molecule is Cc1nc(N2CCC3(CC2)Cc2ccc(C#CCN(C)C)cc2[C@H]3N)cc(=O)n1-c1ccc(F)c(Cl)c1Cl. The first-order chi connectivity index (χ1) is 18.1. The molecule has 1 aromatic heterocycles. The van der Waals surface area contributed by atoms with Crippen LogP contribution < -0.4 is 16.2 Å². The molecular weight excluding hydrogens is 524 g/mol. The van der Waals surface area contributed by atoms with Gasteiger partial charge in [-0.2, -0.15) is 0 Å². The summed E-state index contributed by atoms with van der Waals surface area (Å²) in [7, 11) is 4.00. The Morgan fingerprint density at radius 3 is 2.58 bits per heavy atom. The first-order valence-electron chi connectivity index (χ1n) is 12.6. The first kappa shape index (κ1) is 26.7. The van der Waals surface area contributed by atoms with Crippen molar-refractivity contribution in [3.63, 3.8) is 0 Å². The molecule has 1 spiro atoms. The summed E-state index contributed by atoms with van der Waals surface area (Å²) >= 11 is 12.2. The maximum absolute atomic E-state index is 13.8. The number of piperidine rings is 1. The van der Waals surface area contributed by atoms with Gasteiger partial charge in [0.1, 0.15) is 17.5 Å². The van der Waals surface area contributed by atoms with Crippen molar-refractivity contribution in [2.24, 2.45) is 11.1 Å². The Morgan fingerprint density at radius 1 is 1.16 bits per heavy atom. The summed E-state index contributed by atoms with van der Waals surface area (Å²) in [4.78, 5) is 22.0. The maximum atomic E-state index is 13.8. The van der Waals surface area contributed by atoms with Crippen LogP contribution in [-0.2, 0) is 6.42 Å². The largest absolute Gasteiger partial charge is 0.356 e. The molecule has 2 N–H and O–H groups in total. The molecule has 1 saturated heterocycles. The van der Waals surface area contributed by atoms with Gasteiger partial charge in [-0.15, -0.1) is 0 Å². The zero-order valence-electron chi connectivity index (χ0n) is 21.7. The molecule has 0 saturated carbocycles. The molecule has 1 fully saturated rings. The van der Waals surface area contributed by atoms with E-state index in [0.717, 1.165) is 37.9 Å². The van der Waals surface area contributed by atoms with Gasteiger partial charge in [0, 0.05) is 30.8 Å². The number of nitrogens with two attached hydrogens (primary N) is 1. The average Bonchev–Trinajstić information content (AvgIpc) is 3.14. The molecular formula is C29H30Cl2FN5O. The number of halogens is 3. The van der Waals surface area contributed by atoms with E-state index in [-0.39, 0.29) is 27.1 Å². The van der Waals surface area contributed by atoms with Crippen molar-refractivity contribution >= 4 is 29.0 Å². The smallest absolute Gasteiger partial charge is 0.260 e. The summed E-state index contributed by atoms with van der Waals surface area (Å²) in [5.74, 6) is 6.88. The second-order valence-electron chi connectivity index (χ2n) is 10.5. The summed E-state index contributed by atoms with van der Waals surface area (Å²) < 4.78 is 15.1. The van der Waals surface area contributed by atoms with E-state index in [4.69, 9.17) is 33.9 Å². The van der Waals surface area contributed by atoms with Gasteiger partial charge in [-0.1, -0.05) is 41.1 Å². The molecule has 2 aliphatic rings. The number of benzene rings is 2. The third kappa shape index (κ3) is 4.83. The fourth-order valence-electron chi connectivity index (χ4n) is 5.64. The van der Waals surface area contributed by atoms with Crippen LogP contribution in [0.1, 0.15) is 41.4 Å². The maximum Gasteiger partial charge on any atom is 0.260 e. The van der Waals surface area contributed by atoms with E-state index in [9.17, 15) is 9.18 Å². The van der Waals surface area contributed by atoms with E-state index < -0.39 is 5.82 Å². The van der Waals surface area contributed by atoms with E-state index in [0.29, 0.717) is 23.9 Å². The van der Waals surface area contributed by atoms with Gasteiger partial charge in [0.15, 0.2) is 0 Å². The number of hydrogen-bond acceptors (Lipinski definition) is 5. The van der Waals surface area contributed by atoms with Crippen molar-refractivity contribution in [1.29, 1.82) is 0 Å². The van der Waals surface area contributed by atoms with Crippen LogP contribution in [0.2, 0.25) is 10.0 Å². The Labute approximate surface area is 232 Å². The van der Waals surface area contributed by atoms with Gasteiger partial charge in [0.2, 0.25) is 0 Å². The van der Waals surface area contributed by atoms with Crippen LogP contribution in [0, 0.1) is 30.0 Å².